The summed E-state index contributed by atoms with van der Waals surface area (Å²) in [5.41, 5.74) is 0.987. The molecule has 0 unspecified atom stereocenters. The maximum atomic E-state index is 11.0. The summed E-state index contributed by atoms with van der Waals surface area (Å²) in [6.45, 7) is 0. The zero-order valence-electron chi connectivity index (χ0n) is 10.5. The van der Waals surface area contributed by atoms with E-state index >= 15 is 0 Å². The van der Waals surface area contributed by atoms with Gasteiger partial charge in [0.05, 0.1) is 21.3 Å². The van der Waals surface area contributed by atoms with Gasteiger partial charge in [-0.25, -0.2) is 0 Å². The number of methoxy groups -OCH3 is 3. The van der Waals surface area contributed by atoms with Crippen LogP contribution >= 0.6 is 0 Å². The molecule has 0 saturated heterocycles. The number of benzene rings is 1. The molecule has 0 fully saturated rings. The van der Waals surface area contributed by atoms with Crippen LogP contribution in [0, 0.1) is 0 Å². The molecule has 0 spiro atoms. The molecule has 0 N–H and O–H groups in total. The number of esters is 1. The molecule has 0 aliphatic carbocycles. The Hall–Kier alpha value is -1.71. The number of carbonyl (C=O) groups excluding carboxylic acids is 1. The third-order valence-corrected chi connectivity index (χ3v) is 2.57. The van der Waals surface area contributed by atoms with E-state index in [1.54, 1.807) is 14.2 Å². The van der Waals surface area contributed by atoms with E-state index in [2.05, 4.69) is 4.74 Å². The van der Waals surface area contributed by atoms with Gasteiger partial charge in [-0.05, 0) is 25.0 Å². The highest BCUT2D eigenvalue weighted by Crippen LogP contribution is 2.29. The molecule has 94 valence electrons. The fourth-order valence-corrected chi connectivity index (χ4v) is 1.69. The number of rotatable bonds is 6. The lowest BCUT2D eigenvalue weighted by molar-refractivity contribution is -0.140. The summed E-state index contributed by atoms with van der Waals surface area (Å²) < 4.78 is 15.2. The summed E-state index contributed by atoms with van der Waals surface area (Å²) >= 11 is 0. The molecule has 0 aliphatic rings. The van der Waals surface area contributed by atoms with E-state index in [0.717, 1.165) is 23.5 Å². The van der Waals surface area contributed by atoms with Crippen LogP contribution in [0.25, 0.3) is 0 Å². The van der Waals surface area contributed by atoms with E-state index in [9.17, 15) is 4.79 Å². The smallest absolute Gasteiger partial charge is 0.305 e. The largest absolute Gasteiger partial charge is 0.496 e. The van der Waals surface area contributed by atoms with Gasteiger partial charge >= 0.3 is 5.97 Å². The van der Waals surface area contributed by atoms with Crippen LogP contribution in [-0.2, 0) is 16.0 Å². The lowest BCUT2D eigenvalue weighted by atomic mass is 10.1. The van der Waals surface area contributed by atoms with Gasteiger partial charge in [-0.3, -0.25) is 4.79 Å². The third kappa shape index (κ3) is 3.66. The first-order chi connectivity index (χ1) is 8.22. The maximum absolute atomic E-state index is 11.0. The van der Waals surface area contributed by atoms with Gasteiger partial charge in [0.1, 0.15) is 11.5 Å². The molecule has 17 heavy (non-hydrogen) atoms. The molecular formula is C13H18O4. The van der Waals surface area contributed by atoms with Crippen molar-refractivity contribution in [2.45, 2.75) is 19.3 Å². The Morgan fingerprint density at radius 1 is 1.12 bits per heavy atom. The molecule has 0 radical (unpaired) electrons. The van der Waals surface area contributed by atoms with Crippen LogP contribution in [0.4, 0.5) is 0 Å². The predicted molar refractivity (Wildman–Crippen MR) is 64.5 cm³/mol. The lowest BCUT2D eigenvalue weighted by Gasteiger charge is -2.12. The minimum atomic E-state index is -0.195. The quantitative estimate of drug-likeness (QED) is 0.713. The molecule has 0 atom stereocenters. The van der Waals surface area contributed by atoms with E-state index < -0.39 is 0 Å². The minimum absolute atomic E-state index is 0.195. The molecule has 0 amide bonds. The molecule has 0 bridgehead atoms. The summed E-state index contributed by atoms with van der Waals surface area (Å²) in [6, 6.07) is 5.65. The second kappa shape index (κ2) is 6.78. The van der Waals surface area contributed by atoms with E-state index in [1.807, 2.05) is 18.2 Å². The molecule has 0 saturated carbocycles. The third-order valence-electron chi connectivity index (χ3n) is 2.57. The van der Waals surface area contributed by atoms with Crippen molar-refractivity contribution in [1.29, 1.82) is 0 Å². The highest BCUT2D eigenvalue weighted by molar-refractivity contribution is 5.69. The summed E-state index contributed by atoms with van der Waals surface area (Å²) in [7, 11) is 4.64. The SMILES string of the molecule is COC(=O)CCCc1c(OC)cccc1OC. The summed E-state index contributed by atoms with van der Waals surface area (Å²) in [5.74, 6) is 1.38. The Balaban J connectivity index is 2.71. The molecule has 0 aromatic heterocycles. The highest BCUT2D eigenvalue weighted by Gasteiger charge is 2.10. The molecule has 4 nitrogen and oxygen atoms in total. The topological polar surface area (TPSA) is 44.8 Å². The number of carbonyl (C=O) groups is 1. The molecule has 1 aromatic rings. The highest BCUT2D eigenvalue weighted by atomic mass is 16.5. The van der Waals surface area contributed by atoms with Crippen molar-refractivity contribution in [2.75, 3.05) is 21.3 Å². The molecule has 4 heteroatoms. The zero-order chi connectivity index (χ0) is 12.7. The van der Waals surface area contributed by atoms with Crippen molar-refractivity contribution in [3.8, 4) is 11.5 Å². The Kier molecular flexibility index (Phi) is 5.33. The van der Waals surface area contributed by atoms with Crippen LogP contribution < -0.4 is 9.47 Å². The van der Waals surface area contributed by atoms with Gasteiger partial charge in [-0.15, -0.1) is 0 Å². The molecule has 0 aliphatic heterocycles. The average molecular weight is 238 g/mol. The monoisotopic (exact) mass is 238 g/mol. The first kappa shape index (κ1) is 13.4. The van der Waals surface area contributed by atoms with Crippen molar-refractivity contribution in [1.82, 2.24) is 0 Å². The van der Waals surface area contributed by atoms with Crippen molar-refractivity contribution in [3.63, 3.8) is 0 Å². The standard InChI is InChI=1S/C13H18O4/c1-15-11-7-5-8-12(16-2)10(11)6-4-9-13(14)17-3/h5,7-8H,4,6,9H2,1-3H3. The minimum Gasteiger partial charge on any atom is -0.496 e. The van der Waals surface area contributed by atoms with Crippen molar-refractivity contribution in [2.24, 2.45) is 0 Å². The Labute approximate surface area is 101 Å². The average Bonchev–Trinajstić information content (AvgIpc) is 2.38. The van der Waals surface area contributed by atoms with Crippen LogP contribution in [-0.4, -0.2) is 27.3 Å². The number of hydrogen-bond acceptors (Lipinski definition) is 4. The van der Waals surface area contributed by atoms with Crippen molar-refractivity contribution < 1.29 is 19.0 Å². The van der Waals surface area contributed by atoms with E-state index in [1.165, 1.54) is 7.11 Å². The first-order valence-electron chi connectivity index (χ1n) is 5.49. The van der Waals surface area contributed by atoms with E-state index in [-0.39, 0.29) is 5.97 Å². The van der Waals surface area contributed by atoms with Crippen molar-refractivity contribution in [3.05, 3.63) is 23.8 Å². The van der Waals surface area contributed by atoms with Crippen LogP contribution in [0.5, 0.6) is 11.5 Å². The maximum Gasteiger partial charge on any atom is 0.305 e. The molecule has 1 aromatic carbocycles. The Morgan fingerprint density at radius 2 is 1.71 bits per heavy atom. The first-order valence-corrected chi connectivity index (χ1v) is 5.49. The van der Waals surface area contributed by atoms with Crippen molar-refractivity contribution >= 4 is 5.97 Å². The summed E-state index contributed by atoms with van der Waals surface area (Å²) in [6.07, 6.45) is 1.84. The predicted octanol–water partition coefficient (Wildman–Crippen LogP) is 2.20. The lowest BCUT2D eigenvalue weighted by Crippen LogP contribution is -2.02. The Morgan fingerprint density at radius 3 is 2.18 bits per heavy atom. The van der Waals surface area contributed by atoms with Gasteiger partial charge in [0.15, 0.2) is 0 Å². The fraction of sp³-hybridized carbons (Fsp3) is 0.462. The van der Waals surface area contributed by atoms with Gasteiger partial charge in [0.2, 0.25) is 0 Å². The van der Waals surface area contributed by atoms with Crippen LogP contribution in [0.3, 0.4) is 0 Å². The number of ether oxygens (including phenoxy) is 3. The second-order valence-electron chi connectivity index (χ2n) is 3.57. The zero-order valence-corrected chi connectivity index (χ0v) is 10.5. The fourth-order valence-electron chi connectivity index (χ4n) is 1.69. The van der Waals surface area contributed by atoms with Gasteiger partial charge in [0, 0.05) is 12.0 Å². The normalized spacial score (nSPS) is 9.82. The van der Waals surface area contributed by atoms with Gasteiger partial charge in [0.25, 0.3) is 0 Å². The molecule has 0 heterocycles. The van der Waals surface area contributed by atoms with E-state index in [0.29, 0.717) is 12.8 Å². The number of hydrogen-bond donors (Lipinski definition) is 0. The van der Waals surface area contributed by atoms with E-state index in [4.69, 9.17) is 9.47 Å². The van der Waals surface area contributed by atoms with Gasteiger partial charge in [-0.2, -0.15) is 0 Å². The molecule has 1 rings (SSSR count). The van der Waals surface area contributed by atoms with Crippen LogP contribution in [0.1, 0.15) is 18.4 Å². The van der Waals surface area contributed by atoms with Crippen LogP contribution in [0.15, 0.2) is 18.2 Å². The van der Waals surface area contributed by atoms with Crippen LogP contribution in [0.2, 0.25) is 0 Å². The van der Waals surface area contributed by atoms with Gasteiger partial charge < -0.3 is 14.2 Å². The molecular weight excluding hydrogens is 220 g/mol. The summed E-state index contributed by atoms with van der Waals surface area (Å²) in [4.78, 5) is 11.0. The second-order valence-corrected chi connectivity index (χ2v) is 3.57. The van der Waals surface area contributed by atoms with Gasteiger partial charge in [-0.1, -0.05) is 6.07 Å². The Bertz CT molecular complexity index is 351. The summed E-state index contributed by atoms with van der Waals surface area (Å²) in [5, 5.41) is 0.